The van der Waals surface area contributed by atoms with Crippen molar-refractivity contribution in [1.82, 2.24) is 10.6 Å². The first-order valence-corrected chi connectivity index (χ1v) is 17.1. The van der Waals surface area contributed by atoms with Crippen molar-refractivity contribution in [3.8, 4) is 5.75 Å². The molecular weight excluding hydrogens is 654 g/mol. The number of unbranched alkanes of at least 4 members (excludes halogenated alkanes) is 1. The normalized spacial score (nSPS) is 27.0. The van der Waals surface area contributed by atoms with Crippen LogP contribution in [0.15, 0.2) is 35.1 Å². The highest BCUT2D eigenvalue weighted by molar-refractivity contribution is 6.23. The zero-order valence-electron chi connectivity index (χ0n) is 27.9. The molecule has 15 nitrogen and oxygen atoms in total. The van der Waals surface area contributed by atoms with Gasteiger partial charge >= 0.3 is 11.9 Å². The standard InChI is InChI=1S/C35H45N3O12/c1-2-24(41)50-30-20-14-23(40)27(33(45)38-16-37-13-6-5-11-21(36)34(46)47)31(43)35(20,48)32(44)28-26(30)19(15-49-17-8-3-4-9-17)18-10-7-12-22(39)25(18)29(28)42/h7,10,12,17,19-21,26,30,37,39,42-43,48H,2-6,8-9,11,13-16,36H2,1H3,(H,38,45)(H,46,47)/t19-,20+,21?,26+,30+,35+/m0/s1. The highest BCUT2D eigenvalue weighted by Crippen LogP contribution is 2.56. The summed E-state index contributed by atoms with van der Waals surface area (Å²) in [5.41, 5.74) is 1.61. The number of Topliss-reactive ketones (excluding diaryl/α,β-unsaturated/α-hetero) is 2. The molecular formula is C35H45N3O12. The molecule has 0 heterocycles. The summed E-state index contributed by atoms with van der Waals surface area (Å²) in [6, 6.07) is 3.56. The van der Waals surface area contributed by atoms with E-state index in [9.17, 15) is 44.4 Å². The number of aliphatic carboxylic acids is 1. The molecule has 0 aromatic heterocycles. The number of phenols is 1. The van der Waals surface area contributed by atoms with Crippen LogP contribution in [0.1, 0.15) is 81.8 Å². The molecule has 0 bridgehead atoms. The van der Waals surface area contributed by atoms with Crippen LogP contribution in [-0.4, -0.2) is 98.6 Å². The number of carboxylic acid groups (broad SMARTS) is 1. The summed E-state index contributed by atoms with van der Waals surface area (Å²) in [5.74, 6) is -10.7. The number of aliphatic hydroxyl groups excluding tert-OH is 2. The average Bonchev–Trinajstić information content (AvgIpc) is 3.60. The van der Waals surface area contributed by atoms with Crippen molar-refractivity contribution >= 4 is 35.2 Å². The molecule has 1 aromatic carbocycles. The number of hydrogen-bond donors (Lipinski definition) is 8. The summed E-state index contributed by atoms with van der Waals surface area (Å²) >= 11 is 0. The summed E-state index contributed by atoms with van der Waals surface area (Å²) < 4.78 is 12.1. The second kappa shape index (κ2) is 15.3. The van der Waals surface area contributed by atoms with Gasteiger partial charge in [-0.05, 0) is 43.9 Å². The van der Waals surface area contributed by atoms with Crippen molar-refractivity contribution in [2.45, 2.75) is 94.5 Å². The van der Waals surface area contributed by atoms with Gasteiger partial charge in [-0.1, -0.05) is 38.3 Å². The van der Waals surface area contributed by atoms with E-state index in [4.69, 9.17) is 20.3 Å². The number of carbonyl (C=O) groups excluding carboxylic acids is 4. The molecule has 4 aliphatic rings. The number of carbonyl (C=O) groups is 5. The number of hydrogen-bond acceptors (Lipinski definition) is 13. The predicted octanol–water partition coefficient (Wildman–Crippen LogP) is 1.62. The molecule has 15 heteroatoms. The summed E-state index contributed by atoms with van der Waals surface area (Å²) in [7, 11) is 0. The second-order valence-electron chi connectivity index (χ2n) is 13.4. The molecule has 0 radical (unpaired) electrons. The molecule has 0 spiro atoms. The van der Waals surface area contributed by atoms with E-state index >= 15 is 0 Å². The molecule has 50 heavy (non-hydrogen) atoms. The molecule has 1 aromatic rings. The van der Waals surface area contributed by atoms with E-state index in [2.05, 4.69) is 10.6 Å². The van der Waals surface area contributed by atoms with Gasteiger partial charge in [0.1, 0.15) is 35.0 Å². The van der Waals surface area contributed by atoms with Crippen molar-refractivity contribution < 1.29 is 59.0 Å². The van der Waals surface area contributed by atoms with Crippen molar-refractivity contribution in [2.75, 3.05) is 19.8 Å². The minimum absolute atomic E-state index is 0.00393. The molecule has 6 atom stereocenters. The maximum absolute atomic E-state index is 14.5. The van der Waals surface area contributed by atoms with Gasteiger partial charge in [-0.2, -0.15) is 0 Å². The summed E-state index contributed by atoms with van der Waals surface area (Å²) in [5, 5.41) is 60.3. The first-order valence-electron chi connectivity index (χ1n) is 17.1. The highest BCUT2D eigenvalue weighted by Gasteiger charge is 2.66. The molecule has 1 unspecified atom stereocenters. The van der Waals surface area contributed by atoms with Crippen LogP contribution in [0.25, 0.3) is 5.76 Å². The lowest BCUT2D eigenvalue weighted by Gasteiger charge is -2.52. The molecule has 5 rings (SSSR count). The van der Waals surface area contributed by atoms with Gasteiger partial charge in [0, 0.05) is 36.2 Å². The van der Waals surface area contributed by atoms with Crippen molar-refractivity contribution in [3.63, 3.8) is 0 Å². The van der Waals surface area contributed by atoms with Crippen LogP contribution in [0.4, 0.5) is 0 Å². The fourth-order valence-corrected chi connectivity index (χ4v) is 7.67. The van der Waals surface area contributed by atoms with Gasteiger partial charge in [0.25, 0.3) is 5.91 Å². The van der Waals surface area contributed by atoms with Gasteiger partial charge < -0.3 is 46.1 Å². The lowest BCUT2D eigenvalue weighted by Crippen LogP contribution is -2.65. The number of rotatable bonds is 14. The van der Waals surface area contributed by atoms with Crippen LogP contribution in [0.3, 0.4) is 0 Å². The molecule has 272 valence electrons. The van der Waals surface area contributed by atoms with Crippen LogP contribution in [0.2, 0.25) is 0 Å². The zero-order valence-corrected chi connectivity index (χ0v) is 27.9. The number of esters is 1. The third-order valence-corrected chi connectivity index (χ3v) is 10.3. The molecule has 1 amide bonds. The average molecular weight is 700 g/mol. The van der Waals surface area contributed by atoms with Crippen LogP contribution in [-0.2, 0) is 33.4 Å². The number of nitrogens with two attached hydrogens (primary N) is 1. The van der Waals surface area contributed by atoms with Crippen LogP contribution >= 0.6 is 0 Å². The Labute approximate surface area is 288 Å². The first-order chi connectivity index (χ1) is 23.8. The van der Waals surface area contributed by atoms with E-state index in [1.807, 2.05) is 0 Å². The Morgan fingerprint density at radius 3 is 2.50 bits per heavy atom. The number of benzene rings is 1. The zero-order chi connectivity index (χ0) is 36.3. The van der Waals surface area contributed by atoms with Gasteiger partial charge in [-0.15, -0.1) is 0 Å². The number of phenolic OH excluding ortho intramolecular Hbond substituents is 1. The third-order valence-electron chi connectivity index (χ3n) is 10.3. The maximum atomic E-state index is 14.5. The quantitative estimate of drug-likeness (QED) is 0.0595. The van der Waals surface area contributed by atoms with E-state index in [-0.39, 0.29) is 43.5 Å². The number of aliphatic hydroxyl groups is 3. The van der Waals surface area contributed by atoms with E-state index in [0.29, 0.717) is 24.9 Å². The van der Waals surface area contributed by atoms with E-state index in [1.54, 1.807) is 12.1 Å². The van der Waals surface area contributed by atoms with Crippen molar-refractivity contribution in [2.24, 2.45) is 17.6 Å². The minimum Gasteiger partial charge on any atom is -0.508 e. The number of aromatic hydroxyl groups is 1. The Hall–Kier alpha value is -4.31. The number of carboxylic acids is 1. The molecule has 2 saturated carbocycles. The molecule has 4 aliphatic carbocycles. The second-order valence-corrected chi connectivity index (χ2v) is 13.4. The van der Waals surface area contributed by atoms with E-state index < -0.39 is 94.0 Å². The lowest BCUT2D eigenvalue weighted by atomic mass is 9.55. The number of ether oxygens (including phenoxy) is 2. The number of amides is 1. The Balaban J connectivity index is 1.47. The van der Waals surface area contributed by atoms with Crippen molar-refractivity contribution in [1.29, 1.82) is 0 Å². The fourth-order valence-electron chi connectivity index (χ4n) is 7.67. The Kier molecular flexibility index (Phi) is 11.3. The fraction of sp³-hybridized carbons (Fsp3) is 0.571. The largest absolute Gasteiger partial charge is 0.508 e. The smallest absolute Gasteiger partial charge is 0.320 e. The molecule has 0 aliphatic heterocycles. The van der Waals surface area contributed by atoms with Crippen LogP contribution in [0, 0.1) is 11.8 Å². The number of nitrogens with one attached hydrogen (secondary N) is 2. The monoisotopic (exact) mass is 699 g/mol. The van der Waals surface area contributed by atoms with Gasteiger partial charge in [0.2, 0.25) is 5.78 Å². The summed E-state index contributed by atoms with van der Waals surface area (Å²) in [4.78, 5) is 65.0. The van der Waals surface area contributed by atoms with E-state index in [1.165, 1.54) is 13.0 Å². The highest BCUT2D eigenvalue weighted by atomic mass is 16.5. The first kappa shape index (κ1) is 37.0. The Morgan fingerprint density at radius 2 is 1.82 bits per heavy atom. The van der Waals surface area contributed by atoms with Crippen LogP contribution < -0.4 is 16.4 Å². The van der Waals surface area contributed by atoms with Crippen LogP contribution in [0.5, 0.6) is 5.75 Å². The topological polar surface area (TPSA) is 255 Å². The SMILES string of the molecule is CCC(=O)O[C@H]1[C@H]2C(=C(O)c3c(O)cccc3[C@@H]2COC2CCCC2)C(=O)[C@]2(O)C(O)=C(C(=O)NCNCCCCC(N)C(=O)O)C(=O)C[C@H]12. The minimum atomic E-state index is -2.95. The maximum Gasteiger partial charge on any atom is 0.320 e. The van der Waals surface area contributed by atoms with Gasteiger partial charge in [0.15, 0.2) is 11.4 Å². The van der Waals surface area contributed by atoms with E-state index in [0.717, 1.165) is 25.7 Å². The Bertz CT molecular complexity index is 1600. The van der Waals surface area contributed by atoms with Gasteiger partial charge in [-0.25, -0.2) is 0 Å². The molecule has 0 saturated heterocycles. The van der Waals surface area contributed by atoms with Gasteiger partial charge in [-0.3, -0.25) is 29.3 Å². The predicted molar refractivity (Wildman–Crippen MR) is 175 cm³/mol. The molecule has 9 N–H and O–H groups in total. The lowest BCUT2D eigenvalue weighted by molar-refractivity contribution is -0.179. The summed E-state index contributed by atoms with van der Waals surface area (Å²) in [6.07, 6.45) is 2.65. The third kappa shape index (κ3) is 6.87. The Morgan fingerprint density at radius 1 is 1.10 bits per heavy atom. The summed E-state index contributed by atoms with van der Waals surface area (Å²) in [6.45, 7) is 1.73. The van der Waals surface area contributed by atoms with Gasteiger partial charge in [0.05, 0.1) is 24.9 Å². The number of fused-ring (bicyclic) bond motifs is 3. The van der Waals surface area contributed by atoms with Crippen molar-refractivity contribution in [3.05, 3.63) is 46.2 Å². The number of ketones is 2. The molecule has 2 fully saturated rings.